The Morgan fingerprint density at radius 2 is 1.95 bits per heavy atom. The Bertz CT molecular complexity index is 608. The second kappa shape index (κ2) is 7.27. The predicted molar refractivity (Wildman–Crippen MR) is 88.7 cm³/mol. The topological polar surface area (TPSA) is 42.0 Å². The fraction of sp³-hybridized carbons (Fsp3) is 0.294. The van der Waals surface area contributed by atoms with E-state index in [2.05, 4.69) is 36.3 Å². The number of thioether (sulfide) groups is 1. The van der Waals surface area contributed by atoms with E-state index in [1.807, 2.05) is 36.9 Å². The van der Waals surface area contributed by atoms with Gasteiger partial charge in [0.2, 0.25) is 5.91 Å². The van der Waals surface area contributed by atoms with Crippen LogP contribution in [0.25, 0.3) is 0 Å². The van der Waals surface area contributed by atoms with E-state index in [9.17, 15) is 4.79 Å². The molecule has 1 aromatic carbocycles. The van der Waals surface area contributed by atoms with Gasteiger partial charge in [-0.05, 0) is 36.8 Å². The third kappa shape index (κ3) is 5.23. The number of benzene rings is 1. The lowest BCUT2D eigenvalue weighted by Gasteiger charge is -2.07. The summed E-state index contributed by atoms with van der Waals surface area (Å²) >= 11 is 1.82. The Morgan fingerprint density at radius 3 is 2.57 bits per heavy atom. The van der Waals surface area contributed by atoms with Crippen LogP contribution in [0.2, 0.25) is 0 Å². The zero-order valence-corrected chi connectivity index (χ0v) is 13.4. The van der Waals surface area contributed by atoms with Crippen LogP contribution in [-0.2, 0) is 11.2 Å². The van der Waals surface area contributed by atoms with Gasteiger partial charge in [-0.1, -0.05) is 26.0 Å². The van der Waals surface area contributed by atoms with Crippen molar-refractivity contribution >= 4 is 23.4 Å². The number of aryl methyl sites for hydroxylation is 1. The molecule has 4 heteroatoms. The van der Waals surface area contributed by atoms with E-state index >= 15 is 0 Å². The van der Waals surface area contributed by atoms with Crippen molar-refractivity contribution in [2.45, 2.75) is 37.3 Å². The number of hydrogen-bond donors (Lipinski definition) is 1. The summed E-state index contributed by atoms with van der Waals surface area (Å²) in [5, 5.41) is 3.46. The summed E-state index contributed by atoms with van der Waals surface area (Å²) in [6.45, 7) is 6.24. The number of anilines is 1. The molecule has 0 saturated heterocycles. The molecule has 0 bridgehead atoms. The van der Waals surface area contributed by atoms with Crippen LogP contribution in [0.1, 0.15) is 25.1 Å². The first-order chi connectivity index (χ1) is 10.0. The number of carbonyl (C=O) groups is 1. The van der Waals surface area contributed by atoms with Gasteiger partial charge in [0, 0.05) is 27.7 Å². The molecule has 1 heterocycles. The van der Waals surface area contributed by atoms with Crippen LogP contribution in [-0.4, -0.2) is 16.1 Å². The number of pyridine rings is 1. The summed E-state index contributed by atoms with van der Waals surface area (Å²) in [4.78, 5) is 17.4. The van der Waals surface area contributed by atoms with Gasteiger partial charge in [0.05, 0.1) is 6.42 Å². The zero-order chi connectivity index (χ0) is 15.2. The number of amides is 1. The van der Waals surface area contributed by atoms with Crippen LogP contribution in [0.15, 0.2) is 47.5 Å². The SMILES string of the molecule is Cc1cc(NC(=O)Cc2ccc(SC(C)C)cc2)ccn1. The van der Waals surface area contributed by atoms with Gasteiger partial charge < -0.3 is 5.32 Å². The first kappa shape index (κ1) is 15.6. The van der Waals surface area contributed by atoms with E-state index in [1.165, 1.54) is 4.90 Å². The largest absolute Gasteiger partial charge is 0.326 e. The van der Waals surface area contributed by atoms with E-state index in [-0.39, 0.29) is 5.91 Å². The Kier molecular flexibility index (Phi) is 5.39. The molecule has 0 fully saturated rings. The fourth-order valence-corrected chi connectivity index (χ4v) is 2.81. The van der Waals surface area contributed by atoms with Crippen LogP contribution >= 0.6 is 11.8 Å². The molecule has 110 valence electrons. The number of rotatable bonds is 5. The van der Waals surface area contributed by atoms with Crippen molar-refractivity contribution in [3.8, 4) is 0 Å². The van der Waals surface area contributed by atoms with E-state index in [4.69, 9.17) is 0 Å². The highest BCUT2D eigenvalue weighted by Gasteiger charge is 2.05. The number of carbonyl (C=O) groups excluding carboxylic acids is 1. The number of aromatic nitrogens is 1. The lowest BCUT2D eigenvalue weighted by Crippen LogP contribution is -2.14. The third-order valence-electron chi connectivity index (χ3n) is 2.84. The van der Waals surface area contributed by atoms with Gasteiger partial charge in [0.25, 0.3) is 0 Å². The monoisotopic (exact) mass is 300 g/mol. The highest BCUT2D eigenvalue weighted by atomic mass is 32.2. The van der Waals surface area contributed by atoms with Crippen molar-refractivity contribution < 1.29 is 4.79 Å². The van der Waals surface area contributed by atoms with E-state index < -0.39 is 0 Å². The molecular formula is C17H20N2OS. The average molecular weight is 300 g/mol. The first-order valence-electron chi connectivity index (χ1n) is 7.01. The Labute approximate surface area is 130 Å². The number of hydrogen-bond acceptors (Lipinski definition) is 3. The molecule has 0 aliphatic rings. The van der Waals surface area contributed by atoms with Crippen molar-refractivity contribution in [2.75, 3.05) is 5.32 Å². The van der Waals surface area contributed by atoms with Gasteiger partial charge in [-0.3, -0.25) is 9.78 Å². The number of nitrogens with zero attached hydrogens (tertiary/aromatic N) is 1. The van der Waals surface area contributed by atoms with E-state index in [1.54, 1.807) is 12.3 Å². The van der Waals surface area contributed by atoms with Crippen molar-refractivity contribution in [3.05, 3.63) is 53.9 Å². The van der Waals surface area contributed by atoms with Crippen molar-refractivity contribution in [1.29, 1.82) is 0 Å². The van der Waals surface area contributed by atoms with Crippen LogP contribution in [0, 0.1) is 6.92 Å². The lowest BCUT2D eigenvalue weighted by molar-refractivity contribution is -0.115. The molecule has 2 rings (SSSR count). The quantitative estimate of drug-likeness (QED) is 0.846. The van der Waals surface area contributed by atoms with Crippen LogP contribution in [0.3, 0.4) is 0 Å². The minimum atomic E-state index is -0.00939. The van der Waals surface area contributed by atoms with Crippen LogP contribution in [0.5, 0.6) is 0 Å². The molecule has 0 saturated carbocycles. The van der Waals surface area contributed by atoms with Gasteiger partial charge >= 0.3 is 0 Å². The molecule has 0 atom stereocenters. The number of nitrogens with one attached hydrogen (secondary N) is 1. The first-order valence-corrected chi connectivity index (χ1v) is 7.89. The molecule has 0 unspecified atom stereocenters. The second-order valence-electron chi connectivity index (χ2n) is 5.22. The Balaban J connectivity index is 1.93. The average Bonchev–Trinajstić information content (AvgIpc) is 2.40. The van der Waals surface area contributed by atoms with Gasteiger partial charge in [-0.2, -0.15) is 0 Å². The highest BCUT2D eigenvalue weighted by Crippen LogP contribution is 2.23. The summed E-state index contributed by atoms with van der Waals surface area (Å²) in [6, 6.07) is 11.8. The Morgan fingerprint density at radius 1 is 1.24 bits per heavy atom. The molecule has 1 aromatic heterocycles. The maximum atomic E-state index is 12.0. The molecule has 0 spiro atoms. The normalized spacial score (nSPS) is 10.7. The standard InChI is InChI=1S/C17H20N2OS/c1-12(2)21-16-6-4-14(5-7-16)11-17(20)19-15-8-9-18-13(3)10-15/h4-10,12H,11H2,1-3H3,(H,18,19,20). The minimum Gasteiger partial charge on any atom is -0.326 e. The van der Waals surface area contributed by atoms with Crippen LogP contribution in [0.4, 0.5) is 5.69 Å². The van der Waals surface area contributed by atoms with Crippen molar-refractivity contribution in [2.24, 2.45) is 0 Å². The molecule has 0 aliphatic heterocycles. The molecule has 21 heavy (non-hydrogen) atoms. The molecule has 1 N–H and O–H groups in total. The lowest BCUT2D eigenvalue weighted by atomic mass is 10.1. The summed E-state index contributed by atoms with van der Waals surface area (Å²) in [7, 11) is 0. The molecule has 0 radical (unpaired) electrons. The fourth-order valence-electron chi connectivity index (χ4n) is 1.97. The third-order valence-corrected chi connectivity index (χ3v) is 3.86. The summed E-state index contributed by atoms with van der Waals surface area (Å²) in [6.07, 6.45) is 2.08. The molecule has 2 aromatic rings. The maximum absolute atomic E-state index is 12.0. The van der Waals surface area contributed by atoms with Crippen molar-refractivity contribution in [1.82, 2.24) is 4.98 Å². The smallest absolute Gasteiger partial charge is 0.228 e. The van der Waals surface area contributed by atoms with E-state index in [0.29, 0.717) is 11.7 Å². The summed E-state index contributed by atoms with van der Waals surface area (Å²) in [5.74, 6) is -0.00939. The Hall–Kier alpha value is -1.81. The van der Waals surface area contributed by atoms with Crippen molar-refractivity contribution in [3.63, 3.8) is 0 Å². The molecule has 3 nitrogen and oxygen atoms in total. The van der Waals surface area contributed by atoms with Crippen LogP contribution < -0.4 is 5.32 Å². The summed E-state index contributed by atoms with van der Waals surface area (Å²) in [5.41, 5.74) is 2.70. The molecular weight excluding hydrogens is 280 g/mol. The zero-order valence-electron chi connectivity index (χ0n) is 12.6. The predicted octanol–water partition coefficient (Wildman–Crippen LogP) is 4.07. The maximum Gasteiger partial charge on any atom is 0.228 e. The molecule has 0 aliphatic carbocycles. The second-order valence-corrected chi connectivity index (χ2v) is 6.87. The van der Waals surface area contributed by atoms with Gasteiger partial charge in [0.15, 0.2) is 0 Å². The van der Waals surface area contributed by atoms with Gasteiger partial charge in [0.1, 0.15) is 0 Å². The van der Waals surface area contributed by atoms with Gasteiger partial charge in [-0.25, -0.2) is 0 Å². The highest BCUT2D eigenvalue weighted by molar-refractivity contribution is 7.99. The minimum absolute atomic E-state index is 0.00939. The van der Waals surface area contributed by atoms with E-state index in [0.717, 1.165) is 16.9 Å². The summed E-state index contributed by atoms with van der Waals surface area (Å²) < 4.78 is 0. The van der Waals surface area contributed by atoms with Gasteiger partial charge in [-0.15, -0.1) is 11.8 Å². The molecule has 1 amide bonds.